The number of thiazole rings is 1. The quantitative estimate of drug-likeness (QED) is 0.701. The van der Waals surface area contributed by atoms with E-state index in [0.29, 0.717) is 11.1 Å². The number of rotatable bonds is 4. The average molecular weight is 416 g/mol. The number of carbonyl (C=O) groups is 1. The lowest BCUT2D eigenvalue weighted by Gasteiger charge is -2.31. The molecule has 1 saturated heterocycles. The summed E-state index contributed by atoms with van der Waals surface area (Å²) < 4.78 is 2.94. The van der Waals surface area contributed by atoms with Crippen molar-refractivity contribution in [1.29, 1.82) is 0 Å². The third-order valence-corrected chi connectivity index (χ3v) is 6.87. The highest BCUT2D eigenvalue weighted by atomic mass is 35.5. The maximum absolute atomic E-state index is 12.5. The van der Waals surface area contributed by atoms with Crippen LogP contribution in [0.5, 0.6) is 0 Å². The van der Waals surface area contributed by atoms with Crippen molar-refractivity contribution in [3.05, 3.63) is 35.0 Å². The Morgan fingerprint density at radius 2 is 2.18 bits per heavy atom. The van der Waals surface area contributed by atoms with E-state index in [0.717, 1.165) is 65.6 Å². The molecule has 28 heavy (non-hydrogen) atoms. The van der Waals surface area contributed by atoms with Gasteiger partial charge in [-0.15, -0.1) is 0 Å². The van der Waals surface area contributed by atoms with Gasteiger partial charge in [0.2, 0.25) is 5.91 Å². The molecular formula is C20H22ClN5OS. The van der Waals surface area contributed by atoms with Crippen LogP contribution in [0.4, 0.5) is 5.13 Å². The van der Waals surface area contributed by atoms with Crippen LogP contribution in [-0.4, -0.2) is 39.8 Å². The fourth-order valence-corrected chi connectivity index (χ4v) is 4.96. The van der Waals surface area contributed by atoms with Gasteiger partial charge in [0, 0.05) is 24.2 Å². The Morgan fingerprint density at radius 1 is 1.32 bits per heavy atom. The molecule has 3 heterocycles. The first-order valence-electron chi connectivity index (χ1n) is 9.76. The van der Waals surface area contributed by atoms with Gasteiger partial charge in [-0.25, -0.2) is 4.68 Å². The summed E-state index contributed by atoms with van der Waals surface area (Å²) in [6.07, 6.45) is 4.21. The van der Waals surface area contributed by atoms with Gasteiger partial charge in [-0.2, -0.15) is 10.1 Å². The van der Waals surface area contributed by atoms with Crippen LogP contribution in [0.2, 0.25) is 5.02 Å². The van der Waals surface area contributed by atoms with Gasteiger partial charge < -0.3 is 10.2 Å². The Labute approximate surface area is 172 Å². The van der Waals surface area contributed by atoms with Crippen molar-refractivity contribution in [1.82, 2.24) is 20.1 Å². The monoisotopic (exact) mass is 415 g/mol. The molecule has 0 spiro atoms. The number of amides is 1. The Kier molecular flexibility index (Phi) is 4.51. The number of aromatic nitrogens is 3. The van der Waals surface area contributed by atoms with Crippen LogP contribution in [0.1, 0.15) is 31.4 Å². The smallest absolute Gasteiger partial charge is 0.225 e. The Morgan fingerprint density at radius 3 is 2.96 bits per heavy atom. The Bertz CT molecular complexity index is 1040. The van der Waals surface area contributed by atoms with Crippen LogP contribution in [0.25, 0.3) is 16.0 Å². The average Bonchev–Trinajstić information content (AvgIpc) is 3.30. The molecule has 0 bridgehead atoms. The van der Waals surface area contributed by atoms with Gasteiger partial charge >= 0.3 is 0 Å². The summed E-state index contributed by atoms with van der Waals surface area (Å²) in [6, 6.07) is 8.06. The molecule has 2 aromatic heterocycles. The molecular weight excluding hydrogens is 394 g/mol. The lowest BCUT2D eigenvalue weighted by atomic mass is 9.97. The molecule has 6 nitrogen and oxygen atoms in total. The molecule has 8 heteroatoms. The summed E-state index contributed by atoms with van der Waals surface area (Å²) in [4.78, 5) is 19.6. The summed E-state index contributed by atoms with van der Waals surface area (Å²) in [5, 5.41) is 9.45. The highest BCUT2D eigenvalue weighted by Gasteiger charge is 2.31. The van der Waals surface area contributed by atoms with Crippen molar-refractivity contribution in [2.45, 2.75) is 38.6 Å². The van der Waals surface area contributed by atoms with E-state index < -0.39 is 0 Å². The number of carbonyl (C=O) groups excluding carboxylic acids is 1. The zero-order valence-electron chi connectivity index (χ0n) is 15.7. The van der Waals surface area contributed by atoms with E-state index in [1.54, 1.807) is 11.3 Å². The molecule has 1 aliphatic heterocycles. The number of benzene rings is 1. The molecule has 1 atom stereocenters. The summed E-state index contributed by atoms with van der Waals surface area (Å²) in [7, 11) is 0. The van der Waals surface area contributed by atoms with E-state index in [1.807, 2.05) is 35.9 Å². The molecule has 2 aliphatic rings. The predicted molar refractivity (Wildman–Crippen MR) is 113 cm³/mol. The van der Waals surface area contributed by atoms with Gasteiger partial charge in [0.15, 0.2) is 10.8 Å². The first-order chi connectivity index (χ1) is 13.6. The van der Waals surface area contributed by atoms with Crippen LogP contribution in [-0.2, 0) is 4.79 Å². The zero-order chi connectivity index (χ0) is 19.3. The summed E-state index contributed by atoms with van der Waals surface area (Å²) >= 11 is 7.82. The van der Waals surface area contributed by atoms with Crippen LogP contribution < -0.4 is 10.2 Å². The fraction of sp³-hybridized carbons (Fsp3) is 0.450. The summed E-state index contributed by atoms with van der Waals surface area (Å²) in [6.45, 7) is 3.68. The Hall–Kier alpha value is -2.12. The number of nitrogens with one attached hydrogen (secondary N) is 1. The van der Waals surface area contributed by atoms with E-state index in [9.17, 15) is 4.79 Å². The third-order valence-electron chi connectivity index (χ3n) is 5.42. The highest BCUT2D eigenvalue weighted by molar-refractivity contribution is 7.22. The number of aryl methyl sites for hydroxylation is 1. The molecule has 1 N–H and O–H groups in total. The standard InChI is InChI=1S/C20H22ClN5OS/c1-12-17-18(26(24-12)16-6-2-5-14(21)10-16)23-20(28-17)25-9-3-4-13(11-25)19(27)22-15-7-8-15/h2,5-6,10,13,15H,3-4,7-9,11H2,1H3,(H,22,27). The van der Waals surface area contributed by atoms with Crippen molar-refractivity contribution in [3.8, 4) is 5.69 Å². The Balaban J connectivity index is 1.43. The maximum atomic E-state index is 12.5. The SMILES string of the molecule is Cc1nn(-c2cccc(Cl)c2)c2nc(N3CCCC(C(=O)NC4CC4)C3)sc12. The van der Waals surface area contributed by atoms with Crippen LogP contribution in [0.15, 0.2) is 24.3 Å². The maximum Gasteiger partial charge on any atom is 0.225 e. The minimum absolute atomic E-state index is 0.0480. The van der Waals surface area contributed by atoms with Crippen molar-refractivity contribution < 1.29 is 4.79 Å². The minimum atomic E-state index is 0.0480. The topological polar surface area (TPSA) is 63.1 Å². The summed E-state index contributed by atoms with van der Waals surface area (Å²) in [5.74, 6) is 0.251. The summed E-state index contributed by atoms with van der Waals surface area (Å²) in [5.41, 5.74) is 2.71. The van der Waals surface area contributed by atoms with E-state index in [1.165, 1.54) is 0 Å². The molecule has 0 radical (unpaired) electrons. The molecule has 146 valence electrons. The van der Waals surface area contributed by atoms with Crippen molar-refractivity contribution in [3.63, 3.8) is 0 Å². The van der Waals surface area contributed by atoms with Crippen molar-refractivity contribution in [2.24, 2.45) is 5.92 Å². The molecule has 3 aromatic rings. The van der Waals surface area contributed by atoms with Gasteiger partial charge in [-0.1, -0.05) is 29.0 Å². The van der Waals surface area contributed by atoms with Crippen molar-refractivity contribution in [2.75, 3.05) is 18.0 Å². The number of hydrogen-bond donors (Lipinski definition) is 1. The molecule has 1 amide bonds. The highest BCUT2D eigenvalue weighted by Crippen LogP contribution is 2.35. The van der Waals surface area contributed by atoms with E-state index in [-0.39, 0.29) is 11.8 Å². The largest absolute Gasteiger partial charge is 0.353 e. The predicted octanol–water partition coefficient (Wildman–Crippen LogP) is 3.94. The first-order valence-corrected chi connectivity index (χ1v) is 11.0. The molecule has 1 unspecified atom stereocenters. The van der Waals surface area contributed by atoms with Gasteiger partial charge in [0.05, 0.1) is 22.0 Å². The van der Waals surface area contributed by atoms with Gasteiger partial charge in [0.1, 0.15) is 0 Å². The second kappa shape index (κ2) is 7.04. The number of anilines is 1. The normalized spacial score (nSPS) is 19.9. The van der Waals surface area contributed by atoms with Gasteiger partial charge in [-0.05, 0) is 50.8 Å². The molecule has 1 saturated carbocycles. The molecule has 1 aromatic carbocycles. The van der Waals surface area contributed by atoms with E-state index >= 15 is 0 Å². The van der Waals surface area contributed by atoms with Crippen LogP contribution in [0.3, 0.4) is 0 Å². The van der Waals surface area contributed by atoms with E-state index in [4.69, 9.17) is 16.6 Å². The lowest BCUT2D eigenvalue weighted by molar-refractivity contribution is -0.125. The third kappa shape index (κ3) is 3.37. The molecule has 1 aliphatic carbocycles. The molecule has 2 fully saturated rings. The number of hydrogen-bond acceptors (Lipinski definition) is 5. The van der Waals surface area contributed by atoms with Crippen LogP contribution in [0, 0.1) is 12.8 Å². The first kappa shape index (κ1) is 17.9. The molecule has 5 rings (SSSR count). The zero-order valence-corrected chi connectivity index (χ0v) is 17.3. The van der Waals surface area contributed by atoms with Crippen LogP contribution >= 0.6 is 22.9 Å². The second-order valence-corrected chi connectivity index (χ2v) is 9.11. The fourth-order valence-electron chi connectivity index (χ4n) is 3.76. The van der Waals surface area contributed by atoms with E-state index in [2.05, 4.69) is 15.3 Å². The van der Waals surface area contributed by atoms with Crippen molar-refractivity contribution >= 4 is 44.3 Å². The minimum Gasteiger partial charge on any atom is -0.353 e. The number of nitrogens with zero attached hydrogens (tertiary/aromatic N) is 4. The van der Waals surface area contributed by atoms with Gasteiger partial charge in [0.25, 0.3) is 0 Å². The number of fused-ring (bicyclic) bond motifs is 1. The number of halogens is 1. The second-order valence-electron chi connectivity index (χ2n) is 7.69. The number of piperidine rings is 1. The lowest BCUT2D eigenvalue weighted by Crippen LogP contribution is -2.43. The van der Waals surface area contributed by atoms with Gasteiger partial charge in [-0.3, -0.25) is 4.79 Å².